The molecule has 1 saturated carbocycles. The number of hydrogen-bond acceptors (Lipinski definition) is 4. The van der Waals surface area contributed by atoms with Gasteiger partial charge in [0.1, 0.15) is 11.8 Å². The third-order valence-corrected chi connectivity index (χ3v) is 3.74. The van der Waals surface area contributed by atoms with Crippen molar-refractivity contribution in [1.29, 1.82) is 0 Å². The van der Waals surface area contributed by atoms with Gasteiger partial charge in [-0.05, 0) is 25.2 Å². The number of aliphatic hydroxyl groups excluding tert-OH is 1. The molecule has 1 aliphatic carbocycles. The SMILES string of the molecule is CC(C)c1ncnc2c1ncn2[C@H]1CCC[C@H]1O. The minimum absolute atomic E-state index is 0.116. The van der Waals surface area contributed by atoms with Crippen LogP contribution in [0.2, 0.25) is 0 Å². The summed E-state index contributed by atoms with van der Waals surface area (Å²) >= 11 is 0. The lowest BCUT2D eigenvalue weighted by molar-refractivity contribution is 0.138. The van der Waals surface area contributed by atoms with Gasteiger partial charge in [0.15, 0.2) is 5.65 Å². The van der Waals surface area contributed by atoms with E-state index in [1.54, 1.807) is 12.7 Å². The maximum atomic E-state index is 10.0. The van der Waals surface area contributed by atoms with Gasteiger partial charge in [-0.15, -0.1) is 0 Å². The van der Waals surface area contributed by atoms with Crippen LogP contribution < -0.4 is 0 Å². The van der Waals surface area contributed by atoms with Crippen molar-refractivity contribution in [1.82, 2.24) is 19.5 Å². The first-order valence-electron chi connectivity index (χ1n) is 6.54. The van der Waals surface area contributed by atoms with Crippen LogP contribution in [0.15, 0.2) is 12.7 Å². The first-order valence-corrected chi connectivity index (χ1v) is 6.54. The fourth-order valence-corrected chi connectivity index (χ4v) is 2.78. The Balaban J connectivity index is 2.12. The van der Waals surface area contributed by atoms with Gasteiger partial charge in [0.05, 0.1) is 24.2 Å². The van der Waals surface area contributed by atoms with Gasteiger partial charge in [0.25, 0.3) is 0 Å². The molecule has 0 spiro atoms. The molecular formula is C13H18N4O. The molecule has 5 nitrogen and oxygen atoms in total. The van der Waals surface area contributed by atoms with Crippen molar-refractivity contribution in [2.24, 2.45) is 0 Å². The Morgan fingerprint density at radius 1 is 1.28 bits per heavy atom. The number of aliphatic hydroxyl groups is 1. The predicted octanol–water partition coefficient (Wildman–Crippen LogP) is 2.04. The molecule has 1 N–H and O–H groups in total. The van der Waals surface area contributed by atoms with Crippen LogP contribution in [0.4, 0.5) is 0 Å². The highest BCUT2D eigenvalue weighted by molar-refractivity contribution is 5.73. The summed E-state index contributed by atoms with van der Waals surface area (Å²) in [5.41, 5.74) is 2.69. The predicted molar refractivity (Wildman–Crippen MR) is 68.3 cm³/mol. The first kappa shape index (κ1) is 11.6. The Hall–Kier alpha value is -1.49. The van der Waals surface area contributed by atoms with Crippen LogP contribution in [0.1, 0.15) is 50.8 Å². The fraction of sp³-hybridized carbons (Fsp3) is 0.615. The lowest BCUT2D eigenvalue weighted by Gasteiger charge is -2.16. The highest BCUT2D eigenvalue weighted by Crippen LogP contribution is 2.32. The van der Waals surface area contributed by atoms with Crippen LogP contribution in [0.3, 0.4) is 0 Å². The zero-order chi connectivity index (χ0) is 12.7. The molecule has 2 aromatic heterocycles. The normalized spacial score (nSPS) is 24.2. The van der Waals surface area contributed by atoms with Gasteiger partial charge in [-0.2, -0.15) is 0 Å². The highest BCUT2D eigenvalue weighted by atomic mass is 16.3. The molecule has 2 aromatic rings. The standard InChI is InChI=1S/C13H18N4O/c1-8(2)11-12-13(15-6-14-11)17(7-16-12)9-4-3-5-10(9)18/h6-10,18H,3-5H2,1-2H3/t9-,10+/m0/s1. The smallest absolute Gasteiger partial charge is 0.163 e. The quantitative estimate of drug-likeness (QED) is 0.880. The van der Waals surface area contributed by atoms with E-state index < -0.39 is 0 Å². The summed E-state index contributed by atoms with van der Waals surface area (Å²) in [5, 5.41) is 10.0. The van der Waals surface area contributed by atoms with E-state index in [0.717, 1.165) is 36.1 Å². The molecule has 0 aliphatic heterocycles. The van der Waals surface area contributed by atoms with Crippen LogP contribution in [0, 0.1) is 0 Å². The van der Waals surface area contributed by atoms with Crippen LogP contribution in [-0.4, -0.2) is 30.7 Å². The van der Waals surface area contributed by atoms with Crippen LogP contribution in [0.25, 0.3) is 11.2 Å². The molecule has 1 aliphatic rings. The Bertz CT molecular complexity index is 563. The van der Waals surface area contributed by atoms with E-state index in [9.17, 15) is 5.11 Å². The molecule has 18 heavy (non-hydrogen) atoms. The maximum absolute atomic E-state index is 10.0. The van der Waals surface area contributed by atoms with Crippen LogP contribution in [-0.2, 0) is 0 Å². The minimum Gasteiger partial charge on any atom is -0.391 e. The molecule has 2 heterocycles. The van der Waals surface area contributed by atoms with E-state index >= 15 is 0 Å². The summed E-state index contributed by atoms with van der Waals surface area (Å²) in [6, 6.07) is 0.116. The van der Waals surface area contributed by atoms with Gasteiger partial charge in [-0.25, -0.2) is 15.0 Å². The Morgan fingerprint density at radius 2 is 2.11 bits per heavy atom. The molecule has 0 bridgehead atoms. The average Bonchev–Trinajstić information content (AvgIpc) is 2.93. The van der Waals surface area contributed by atoms with Gasteiger partial charge >= 0.3 is 0 Å². The summed E-state index contributed by atoms with van der Waals surface area (Å²) in [4.78, 5) is 13.1. The zero-order valence-corrected chi connectivity index (χ0v) is 10.7. The molecule has 0 radical (unpaired) electrons. The zero-order valence-electron chi connectivity index (χ0n) is 10.7. The number of fused-ring (bicyclic) bond motifs is 1. The van der Waals surface area contributed by atoms with Gasteiger partial charge in [0, 0.05) is 0 Å². The van der Waals surface area contributed by atoms with Crippen molar-refractivity contribution in [3.8, 4) is 0 Å². The molecule has 0 saturated heterocycles. The van der Waals surface area contributed by atoms with Gasteiger partial charge in [-0.1, -0.05) is 13.8 Å². The number of imidazole rings is 1. The molecule has 0 unspecified atom stereocenters. The lowest BCUT2D eigenvalue weighted by atomic mass is 10.1. The first-order chi connectivity index (χ1) is 8.68. The van der Waals surface area contributed by atoms with Crippen molar-refractivity contribution in [3.05, 3.63) is 18.3 Å². The van der Waals surface area contributed by atoms with Crippen molar-refractivity contribution in [3.63, 3.8) is 0 Å². The molecule has 3 rings (SSSR count). The van der Waals surface area contributed by atoms with Crippen molar-refractivity contribution >= 4 is 11.2 Å². The molecule has 2 atom stereocenters. The molecule has 96 valence electrons. The average molecular weight is 246 g/mol. The Morgan fingerprint density at radius 3 is 2.78 bits per heavy atom. The van der Waals surface area contributed by atoms with Gasteiger partial charge < -0.3 is 9.67 Å². The van der Waals surface area contributed by atoms with Crippen molar-refractivity contribution in [2.45, 2.75) is 51.2 Å². The summed E-state index contributed by atoms with van der Waals surface area (Å²) in [7, 11) is 0. The summed E-state index contributed by atoms with van der Waals surface area (Å²) in [6.07, 6.45) is 6.04. The summed E-state index contributed by atoms with van der Waals surface area (Å²) < 4.78 is 2.01. The Labute approximate surface area is 106 Å². The summed E-state index contributed by atoms with van der Waals surface area (Å²) in [6.45, 7) is 4.20. The maximum Gasteiger partial charge on any atom is 0.163 e. The third kappa shape index (κ3) is 1.70. The lowest BCUT2D eigenvalue weighted by Crippen LogP contribution is -2.17. The minimum atomic E-state index is -0.278. The van der Waals surface area contributed by atoms with Crippen LogP contribution in [0.5, 0.6) is 0 Å². The van der Waals surface area contributed by atoms with Gasteiger partial charge in [-0.3, -0.25) is 0 Å². The fourth-order valence-electron chi connectivity index (χ4n) is 2.78. The number of nitrogens with zero attached hydrogens (tertiary/aromatic N) is 4. The molecule has 0 aromatic carbocycles. The molecular weight excluding hydrogens is 228 g/mol. The summed E-state index contributed by atoms with van der Waals surface area (Å²) in [5.74, 6) is 0.326. The van der Waals surface area contributed by atoms with E-state index in [1.165, 1.54) is 0 Å². The van der Waals surface area contributed by atoms with E-state index in [-0.39, 0.29) is 12.1 Å². The number of hydrogen-bond donors (Lipinski definition) is 1. The number of aromatic nitrogens is 4. The van der Waals surface area contributed by atoms with E-state index in [4.69, 9.17) is 0 Å². The second-order valence-electron chi connectivity index (χ2n) is 5.30. The second-order valence-corrected chi connectivity index (χ2v) is 5.30. The van der Waals surface area contributed by atoms with Crippen molar-refractivity contribution in [2.75, 3.05) is 0 Å². The van der Waals surface area contributed by atoms with Gasteiger partial charge in [0.2, 0.25) is 0 Å². The molecule has 5 heteroatoms. The highest BCUT2D eigenvalue weighted by Gasteiger charge is 2.28. The second kappa shape index (κ2) is 4.31. The van der Waals surface area contributed by atoms with Crippen LogP contribution >= 0.6 is 0 Å². The third-order valence-electron chi connectivity index (χ3n) is 3.74. The largest absolute Gasteiger partial charge is 0.391 e. The van der Waals surface area contributed by atoms with E-state index in [0.29, 0.717) is 5.92 Å². The Kier molecular flexibility index (Phi) is 2.78. The topological polar surface area (TPSA) is 63.8 Å². The van der Waals surface area contributed by atoms with E-state index in [2.05, 4.69) is 28.8 Å². The molecule has 0 amide bonds. The monoisotopic (exact) mass is 246 g/mol. The van der Waals surface area contributed by atoms with E-state index in [1.807, 2.05) is 4.57 Å². The number of rotatable bonds is 2. The van der Waals surface area contributed by atoms with Crippen molar-refractivity contribution < 1.29 is 5.11 Å². The molecule has 1 fully saturated rings.